The maximum atomic E-state index is 12.2. The van der Waals surface area contributed by atoms with Gasteiger partial charge in [-0.2, -0.15) is 16.7 Å². The minimum absolute atomic E-state index is 0.122. The quantitative estimate of drug-likeness (QED) is 0.776. The molecular formula is C10H13N5O3S. The number of hydrogen-bond acceptors (Lipinski definition) is 5. The number of carbonyl (C=O) groups excluding carboxylic acids is 1. The monoisotopic (exact) mass is 283 g/mol. The predicted molar refractivity (Wildman–Crippen MR) is 70.7 cm³/mol. The third-order valence-electron chi connectivity index (χ3n) is 2.63. The van der Waals surface area contributed by atoms with Crippen molar-refractivity contribution >= 4 is 33.1 Å². The van der Waals surface area contributed by atoms with Crippen LogP contribution in [0.15, 0.2) is 18.2 Å². The number of rotatable bonds is 3. The first-order valence-corrected chi connectivity index (χ1v) is 6.66. The molecule has 9 heteroatoms. The van der Waals surface area contributed by atoms with E-state index in [0.29, 0.717) is 0 Å². The van der Waals surface area contributed by atoms with Crippen LogP contribution in [0.2, 0.25) is 0 Å². The Morgan fingerprint density at radius 3 is 2.53 bits per heavy atom. The first-order chi connectivity index (χ1) is 8.76. The van der Waals surface area contributed by atoms with E-state index >= 15 is 0 Å². The Hall–Kier alpha value is -2.13. The second-order valence-electron chi connectivity index (χ2n) is 4.06. The molecule has 1 heterocycles. The summed E-state index contributed by atoms with van der Waals surface area (Å²) in [6.45, 7) is 0. The second kappa shape index (κ2) is 4.21. The summed E-state index contributed by atoms with van der Waals surface area (Å²) >= 11 is 0. The van der Waals surface area contributed by atoms with Crippen LogP contribution in [-0.4, -0.2) is 41.7 Å². The lowest BCUT2D eigenvalue weighted by atomic mass is 10.2. The van der Waals surface area contributed by atoms with E-state index in [9.17, 15) is 13.2 Å². The number of anilines is 1. The Kier molecular flexibility index (Phi) is 2.95. The van der Waals surface area contributed by atoms with Crippen molar-refractivity contribution < 1.29 is 13.2 Å². The van der Waals surface area contributed by atoms with Gasteiger partial charge in [0.15, 0.2) is 0 Å². The molecule has 0 saturated carbocycles. The van der Waals surface area contributed by atoms with Gasteiger partial charge in [-0.1, -0.05) is 6.07 Å². The van der Waals surface area contributed by atoms with Crippen LogP contribution < -0.4 is 11.5 Å². The van der Waals surface area contributed by atoms with E-state index in [1.54, 1.807) is 0 Å². The van der Waals surface area contributed by atoms with E-state index in [1.807, 2.05) is 0 Å². The highest BCUT2D eigenvalue weighted by Gasteiger charge is 2.24. The zero-order chi connectivity index (χ0) is 14.4. The summed E-state index contributed by atoms with van der Waals surface area (Å²) in [6, 6.07) is 4.49. The molecule has 102 valence electrons. The molecule has 0 fully saturated rings. The van der Waals surface area contributed by atoms with Crippen LogP contribution in [0.25, 0.3) is 11.0 Å². The first-order valence-electron chi connectivity index (χ1n) is 5.26. The van der Waals surface area contributed by atoms with Gasteiger partial charge in [0.25, 0.3) is 5.91 Å². The standard InChI is InChI=1S/C10H13N5O3S/c1-14(2)19(17,18)15-7-5-3-4-6(9(11)16)8(7)13-10(15)12/h3-5H,1-2H3,(H2,11,16)(H2,12,13). The number of hydrogen-bond donors (Lipinski definition) is 2. The number of nitrogen functional groups attached to an aromatic ring is 1. The first kappa shape index (κ1) is 13.3. The lowest BCUT2D eigenvalue weighted by Crippen LogP contribution is -2.29. The summed E-state index contributed by atoms with van der Waals surface area (Å²) in [5.74, 6) is -0.921. The molecule has 2 aromatic rings. The molecule has 2 rings (SSSR count). The zero-order valence-corrected chi connectivity index (χ0v) is 11.2. The highest BCUT2D eigenvalue weighted by atomic mass is 32.2. The average Bonchev–Trinajstić information content (AvgIpc) is 2.64. The van der Waals surface area contributed by atoms with Crippen molar-refractivity contribution in [2.45, 2.75) is 0 Å². The average molecular weight is 283 g/mol. The largest absolute Gasteiger partial charge is 0.368 e. The van der Waals surface area contributed by atoms with Crippen molar-refractivity contribution in [3.05, 3.63) is 23.8 Å². The minimum atomic E-state index is -3.82. The molecule has 0 aliphatic heterocycles. The summed E-state index contributed by atoms with van der Waals surface area (Å²) in [4.78, 5) is 15.2. The number of benzene rings is 1. The fourth-order valence-electron chi connectivity index (χ4n) is 1.70. The van der Waals surface area contributed by atoms with Gasteiger partial charge >= 0.3 is 10.2 Å². The summed E-state index contributed by atoms with van der Waals surface area (Å²) in [5.41, 5.74) is 11.4. The van der Waals surface area contributed by atoms with Crippen molar-refractivity contribution in [1.82, 2.24) is 13.3 Å². The Morgan fingerprint density at radius 1 is 1.37 bits per heavy atom. The third-order valence-corrected chi connectivity index (χ3v) is 4.39. The molecule has 0 aliphatic rings. The molecule has 0 spiro atoms. The lowest BCUT2D eigenvalue weighted by molar-refractivity contribution is 0.100. The smallest absolute Gasteiger partial charge is 0.310 e. The number of fused-ring (bicyclic) bond motifs is 1. The SMILES string of the molecule is CN(C)S(=O)(=O)n1c(N)nc2c(C(N)=O)cccc21. The van der Waals surface area contributed by atoms with E-state index in [1.165, 1.54) is 32.3 Å². The third kappa shape index (κ3) is 1.92. The Labute approximate surface area is 109 Å². The highest BCUT2D eigenvalue weighted by Crippen LogP contribution is 2.23. The van der Waals surface area contributed by atoms with Crippen LogP contribution >= 0.6 is 0 Å². The van der Waals surface area contributed by atoms with Crippen molar-refractivity contribution in [3.63, 3.8) is 0 Å². The van der Waals surface area contributed by atoms with Gasteiger partial charge in [0.2, 0.25) is 5.95 Å². The molecule has 1 aromatic heterocycles. The molecule has 1 amide bonds. The van der Waals surface area contributed by atoms with Gasteiger partial charge in [0, 0.05) is 14.1 Å². The molecule has 0 aliphatic carbocycles. The van der Waals surface area contributed by atoms with Crippen molar-refractivity contribution in [3.8, 4) is 0 Å². The maximum Gasteiger partial charge on any atom is 0.310 e. The van der Waals surface area contributed by atoms with Crippen LogP contribution in [0.4, 0.5) is 5.95 Å². The lowest BCUT2D eigenvalue weighted by Gasteiger charge is -2.13. The van der Waals surface area contributed by atoms with Gasteiger partial charge in [0.05, 0.1) is 11.1 Å². The molecule has 0 bridgehead atoms. The van der Waals surface area contributed by atoms with Gasteiger partial charge in [-0.3, -0.25) is 4.79 Å². The maximum absolute atomic E-state index is 12.2. The normalized spacial score (nSPS) is 12.2. The van der Waals surface area contributed by atoms with E-state index in [0.717, 1.165) is 8.28 Å². The second-order valence-corrected chi connectivity index (χ2v) is 6.05. The van der Waals surface area contributed by atoms with Crippen LogP contribution in [0.3, 0.4) is 0 Å². The minimum Gasteiger partial charge on any atom is -0.368 e. The highest BCUT2D eigenvalue weighted by molar-refractivity contribution is 7.87. The fourth-order valence-corrected chi connectivity index (χ4v) is 2.70. The van der Waals surface area contributed by atoms with Crippen LogP contribution in [0, 0.1) is 0 Å². The van der Waals surface area contributed by atoms with Crippen molar-refractivity contribution in [2.24, 2.45) is 5.73 Å². The van der Waals surface area contributed by atoms with Crippen molar-refractivity contribution in [2.75, 3.05) is 19.8 Å². The molecule has 4 N–H and O–H groups in total. The summed E-state index contributed by atoms with van der Waals surface area (Å²) < 4.78 is 26.2. The van der Waals surface area contributed by atoms with Crippen molar-refractivity contribution in [1.29, 1.82) is 0 Å². The number of carbonyl (C=O) groups is 1. The molecule has 8 nitrogen and oxygen atoms in total. The van der Waals surface area contributed by atoms with Gasteiger partial charge in [-0.25, -0.2) is 4.98 Å². The topological polar surface area (TPSA) is 124 Å². The molecule has 0 radical (unpaired) electrons. The number of aromatic nitrogens is 2. The van der Waals surface area contributed by atoms with Crippen LogP contribution in [0.1, 0.15) is 10.4 Å². The number of nitrogens with zero attached hydrogens (tertiary/aromatic N) is 3. The zero-order valence-electron chi connectivity index (χ0n) is 10.4. The van der Waals surface area contributed by atoms with Gasteiger partial charge in [-0.05, 0) is 12.1 Å². The predicted octanol–water partition coefficient (Wildman–Crippen LogP) is -0.628. The summed E-state index contributed by atoms with van der Waals surface area (Å²) in [5, 5.41) is 0. The van der Waals surface area contributed by atoms with E-state index < -0.39 is 16.1 Å². The molecule has 0 saturated heterocycles. The molecule has 0 atom stereocenters. The number of para-hydroxylation sites is 1. The van der Waals surface area contributed by atoms with E-state index in [4.69, 9.17) is 11.5 Å². The Balaban J connectivity index is 2.89. The van der Waals surface area contributed by atoms with Crippen LogP contribution in [0.5, 0.6) is 0 Å². The molecule has 1 aromatic carbocycles. The van der Waals surface area contributed by atoms with Gasteiger partial charge in [0.1, 0.15) is 5.52 Å². The molecular weight excluding hydrogens is 270 g/mol. The van der Waals surface area contributed by atoms with E-state index in [-0.39, 0.29) is 22.5 Å². The number of nitrogens with two attached hydrogens (primary N) is 2. The number of primary amides is 1. The van der Waals surface area contributed by atoms with Gasteiger partial charge < -0.3 is 11.5 Å². The fraction of sp³-hybridized carbons (Fsp3) is 0.200. The van der Waals surface area contributed by atoms with E-state index in [2.05, 4.69) is 4.98 Å². The number of amides is 1. The number of imidazole rings is 1. The van der Waals surface area contributed by atoms with Gasteiger partial charge in [-0.15, -0.1) is 0 Å². The molecule has 0 unspecified atom stereocenters. The summed E-state index contributed by atoms with van der Waals surface area (Å²) in [7, 11) is -1.08. The van der Waals surface area contributed by atoms with Crippen LogP contribution in [-0.2, 0) is 10.2 Å². The molecule has 19 heavy (non-hydrogen) atoms. The Morgan fingerprint density at radius 2 is 2.00 bits per heavy atom. The Bertz CT molecular complexity index is 763. The summed E-state index contributed by atoms with van der Waals surface area (Å²) in [6.07, 6.45) is 0.